The predicted octanol–water partition coefficient (Wildman–Crippen LogP) is 5.08. The molecule has 1 aromatic carbocycles. The summed E-state index contributed by atoms with van der Waals surface area (Å²) in [6, 6.07) is 8.36. The summed E-state index contributed by atoms with van der Waals surface area (Å²) >= 11 is 0. The summed E-state index contributed by atoms with van der Waals surface area (Å²) in [5.41, 5.74) is 1.37. The minimum Gasteiger partial charge on any atom is -0.491 e. The van der Waals surface area contributed by atoms with E-state index in [0.29, 0.717) is 59.1 Å². The zero-order valence-corrected chi connectivity index (χ0v) is 21.2. The summed E-state index contributed by atoms with van der Waals surface area (Å²) in [5.74, 6) is 0.644. The van der Waals surface area contributed by atoms with Crippen LogP contribution in [0.25, 0.3) is 0 Å². The lowest BCUT2D eigenvalue weighted by atomic mass is 10.0. The molecule has 8 heteroatoms. The van der Waals surface area contributed by atoms with E-state index in [4.69, 9.17) is 23.5 Å². The van der Waals surface area contributed by atoms with Gasteiger partial charge in [0.15, 0.2) is 0 Å². The maximum Gasteiger partial charge on any atom is 0.264 e. The standard InChI is InChI=1S/C25H44O7S/c1-2-3-4-5-6-7-8-11-24-12-14-25(15-13-24)32-22-21-31-20-19-30-18-17-29-16-9-10-23-33(26,27)28/h12-15H,2-11,16-23H2,1H3,(H,26,27,28). The van der Waals surface area contributed by atoms with E-state index in [1.54, 1.807) is 0 Å². The molecule has 0 aromatic heterocycles. The summed E-state index contributed by atoms with van der Waals surface area (Å²) in [4.78, 5) is 0. The third-order valence-corrected chi connectivity index (χ3v) is 5.98. The first-order valence-corrected chi connectivity index (χ1v) is 14.0. The van der Waals surface area contributed by atoms with Crippen LogP contribution in [0.3, 0.4) is 0 Å². The van der Waals surface area contributed by atoms with E-state index in [1.807, 2.05) is 12.1 Å². The summed E-state index contributed by atoms with van der Waals surface area (Å²) in [6.07, 6.45) is 11.4. The number of unbranched alkanes of at least 4 members (excludes halogenated alkanes) is 7. The van der Waals surface area contributed by atoms with Crippen molar-refractivity contribution >= 4 is 10.1 Å². The van der Waals surface area contributed by atoms with Crippen LogP contribution in [0.1, 0.15) is 70.3 Å². The SMILES string of the molecule is CCCCCCCCCc1ccc(OCCOCCOCCOCCCCS(=O)(=O)O)cc1. The molecule has 0 heterocycles. The minimum atomic E-state index is -3.87. The summed E-state index contributed by atoms with van der Waals surface area (Å²) in [6.45, 7) is 5.61. The quantitative estimate of drug-likeness (QED) is 0.170. The Morgan fingerprint density at radius 3 is 1.82 bits per heavy atom. The molecule has 0 aliphatic rings. The molecule has 192 valence electrons. The molecule has 1 rings (SSSR count). The highest BCUT2D eigenvalue weighted by atomic mass is 32.2. The Morgan fingerprint density at radius 1 is 0.667 bits per heavy atom. The lowest BCUT2D eigenvalue weighted by molar-refractivity contribution is 0.00896. The number of ether oxygens (including phenoxy) is 4. The third kappa shape index (κ3) is 19.9. The zero-order valence-electron chi connectivity index (χ0n) is 20.3. The van der Waals surface area contributed by atoms with Gasteiger partial charge in [0.2, 0.25) is 0 Å². The minimum absolute atomic E-state index is 0.224. The van der Waals surface area contributed by atoms with Gasteiger partial charge in [-0.05, 0) is 43.4 Å². The van der Waals surface area contributed by atoms with Crippen LogP contribution in [-0.4, -0.2) is 65.0 Å². The predicted molar refractivity (Wildman–Crippen MR) is 132 cm³/mol. The average Bonchev–Trinajstić information content (AvgIpc) is 2.79. The first-order chi connectivity index (χ1) is 16.0. The van der Waals surface area contributed by atoms with Crippen molar-refractivity contribution in [2.75, 3.05) is 52.0 Å². The molecule has 0 aliphatic heterocycles. The molecule has 0 bridgehead atoms. The topological polar surface area (TPSA) is 91.3 Å². The van der Waals surface area contributed by atoms with E-state index in [9.17, 15) is 8.42 Å². The van der Waals surface area contributed by atoms with Crippen LogP contribution in [0.15, 0.2) is 24.3 Å². The fourth-order valence-corrected chi connectivity index (χ4v) is 3.86. The van der Waals surface area contributed by atoms with Gasteiger partial charge in [-0.3, -0.25) is 4.55 Å². The van der Waals surface area contributed by atoms with E-state index >= 15 is 0 Å². The second-order valence-corrected chi connectivity index (χ2v) is 9.77. The normalized spacial score (nSPS) is 11.7. The lowest BCUT2D eigenvalue weighted by Gasteiger charge is -2.09. The van der Waals surface area contributed by atoms with Gasteiger partial charge in [-0.25, -0.2) is 0 Å². The molecular weight excluding hydrogens is 444 g/mol. The molecule has 0 amide bonds. The van der Waals surface area contributed by atoms with E-state index < -0.39 is 10.1 Å². The molecule has 0 radical (unpaired) electrons. The summed E-state index contributed by atoms with van der Waals surface area (Å²) < 4.78 is 51.7. The van der Waals surface area contributed by atoms with Gasteiger partial charge in [0, 0.05) is 6.61 Å². The molecular formula is C25H44O7S. The van der Waals surface area contributed by atoms with Crippen LogP contribution in [-0.2, 0) is 30.7 Å². The van der Waals surface area contributed by atoms with Gasteiger partial charge in [0.05, 0.1) is 38.8 Å². The van der Waals surface area contributed by atoms with Crippen LogP contribution in [0, 0.1) is 0 Å². The molecule has 0 aliphatic carbocycles. The smallest absolute Gasteiger partial charge is 0.264 e. The lowest BCUT2D eigenvalue weighted by Crippen LogP contribution is -2.13. The number of hydrogen-bond acceptors (Lipinski definition) is 6. The molecule has 1 aromatic rings. The van der Waals surface area contributed by atoms with E-state index in [-0.39, 0.29) is 5.75 Å². The monoisotopic (exact) mass is 488 g/mol. The van der Waals surface area contributed by atoms with Crippen LogP contribution >= 0.6 is 0 Å². The Kier molecular flexibility index (Phi) is 18.3. The van der Waals surface area contributed by atoms with Crippen LogP contribution in [0.5, 0.6) is 5.75 Å². The average molecular weight is 489 g/mol. The maximum atomic E-state index is 10.6. The largest absolute Gasteiger partial charge is 0.491 e. The van der Waals surface area contributed by atoms with Gasteiger partial charge in [0.1, 0.15) is 12.4 Å². The number of hydrogen-bond donors (Lipinski definition) is 1. The van der Waals surface area contributed by atoms with Crippen LogP contribution in [0.2, 0.25) is 0 Å². The number of aryl methyl sites for hydroxylation is 1. The molecule has 7 nitrogen and oxygen atoms in total. The van der Waals surface area contributed by atoms with Crippen molar-refractivity contribution in [3.63, 3.8) is 0 Å². The summed E-state index contributed by atoms with van der Waals surface area (Å²) in [5, 5.41) is 0. The molecule has 0 spiro atoms. The Labute approximate surface area is 200 Å². The van der Waals surface area contributed by atoms with Crippen molar-refractivity contribution in [2.24, 2.45) is 0 Å². The molecule has 0 fully saturated rings. The fraction of sp³-hybridized carbons (Fsp3) is 0.760. The van der Waals surface area contributed by atoms with Crippen molar-refractivity contribution in [3.8, 4) is 5.75 Å². The van der Waals surface area contributed by atoms with Crippen molar-refractivity contribution in [3.05, 3.63) is 29.8 Å². The maximum absolute atomic E-state index is 10.6. The van der Waals surface area contributed by atoms with E-state index in [1.165, 1.54) is 50.5 Å². The van der Waals surface area contributed by atoms with Gasteiger partial charge in [-0.15, -0.1) is 0 Å². The first kappa shape index (κ1) is 29.8. The fourth-order valence-electron chi connectivity index (χ4n) is 3.29. The van der Waals surface area contributed by atoms with Crippen LogP contribution in [0.4, 0.5) is 0 Å². The van der Waals surface area contributed by atoms with Gasteiger partial charge < -0.3 is 18.9 Å². The van der Waals surface area contributed by atoms with Crippen molar-refractivity contribution in [1.29, 1.82) is 0 Å². The first-order valence-electron chi connectivity index (χ1n) is 12.4. The Bertz CT molecular complexity index is 662. The van der Waals surface area contributed by atoms with Crippen LogP contribution < -0.4 is 4.74 Å². The zero-order chi connectivity index (χ0) is 24.0. The van der Waals surface area contributed by atoms with Gasteiger partial charge in [-0.1, -0.05) is 57.6 Å². The molecule has 33 heavy (non-hydrogen) atoms. The molecule has 0 saturated carbocycles. The highest BCUT2D eigenvalue weighted by Crippen LogP contribution is 2.15. The molecule has 0 unspecified atom stereocenters. The third-order valence-electron chi connectivity index (χ3n) is 5.17. The van der Waals surface area contributed by atoms with Crippen molar-refractivity contribution < 1.29 is 31.9 Å². The van der Waals surface area contributed by atoms with Gasteiger partial charge in [-0.2, -0.15) is 8.42 Å². The Morgan fingerprint density at radius 2 is 1.21 bits per heavy atom. The highest BCUT2D eigenvalue weighted by molar-refractivity contribution is 7.85. The van der Waals surface area contributed by atoms with E-state index in [2.05, 4.69) is 19.1 Å². The van der Waals surface area contributed by atoms with Gasteiger partial charge in [0.25, 0.3) is 10.1 Å². The van der Waals surface area contributed by atoms with Crippen molar-refractivity contribution in [1.82, 2.24) is 0 Å². The van der Waals surface area contributed by atoms with Crippen molar-refractivity contribution in [2.45, 2.75) is 71.1 Å². The number of rotatable bonds is 23. The van der Waals surface area contributed by atoms with E-state index in [0.717, 1.165) is 12.2 Å². The van der Waals surface area contributed by atoms with Gasteiger partial charge >= 0.3 is 0 Å². The second-order valence-electron chi connectivity index (χ2n) is 8.19. The molecule has 1 N–H and O–H groups in total. The second kappa shape index (κ2) is 20.2. The molecule has 0 saturated heterocycles. The summed E-state index contributed by atoms with van der Waals surface area (Å²) in [7, 11) is -3.87. The Hall–Kier alpha value is -1.19. The molecule has 0 atom stereocenters. The Balaban J connectivity index is 1.88. The number of benzene rings is 1. The highest BCUT2D eigenvalue weighted by Gasteiger charge is 2.03.